The third kappa shape index (κ3) is 4.16. The molecule has 0 unspecified atom stereocenters. The van der Waals surface area contributed by atoms with Crippen LogP contribution in [0.2, 0.25) is 0 Å². The number of rotatable bonds is 5. The van der Waals surface area contributed by atoms with Crippen molar-refractivity contribution in [3.05, 3.63) is 59.9 Å². The zero-order valence-corrected chi connectivity index (χ0v) is 15.3. The quantitative estimate of drug-likeness (QED) is 0.731. The highest BCUT2D eigenvalue weighted by atomic mass is 19.1. The molecule has 4 rings (SSSR count). The number of aromatic nitrogens is 3. The Morgan fingerprint density at radius 3 is 2.71 bits per heavy atom. The highest BCUT2D eigenvalue weighted by molar-refractivity contribution is 5.89. The average molecular weight is 381 g/mol. The molecule has 0 spiro atoms. The molecule has 1 fully saturated rings. The van der Waals surface area contributed by atoms with Crippen molar-refractivity contribution in [2.24, 2.45) is 0 Å². The Labute approximate surface area is 161 Å². The van der Waals surface area contributed by atoms with Gasteiger partial charge in [0.2, 0.25) is 5.82 Å². The molecule has 0 radical (unpaired) electrons. The van der Waals surface area contributed by atoms with E-state index >= 15 is 0 Å². The van der Waals surface area contributed by atoms with Gasteiger partial charge < -0.3 is 14.7 Å². The number of benzene rings is 1. The van der Waals surface area contributed by atoms with Crippen LogP contribution in [0.1, 0.15) is 35.5 Å². The predicted molar refractivity (Wildman–Crippen MR) is 101 cm³/mol. The molecule has 0 bridgehead atoms. The molecule has 28 heavy (non-hydrogen) atoms. The second kappa shape index (κ2) is 8.16. The van der Waals surface area contributed by atoms with Crippen LogP contribution in [0.5, 0.6) is 0 Å². The standard InChI is InChI=1S/C20H20FN5O2/c21-16-6-4-14(5-7-16)13-23-19(27)20-24-18(25-28-20)15-8-9-22-17(12-15)26-10-2-1-3-11-26/h4-9,12H,1-3,10-11,13H2,(H,23,27). The van der Waals surface area contributed by atoms with Gasteiger partial charge in [0, 0.05) is 31.4 Å². The molecule has 144 valence electrons. The minimum Gasteiger partial charge on any atom is -0.357 e. The monoisotopic (exact) mass is 381 g/mol. The molecule has 1 N–H and O–H groups in total. The molecule has 1 amide bonds. The summed E-state index contributed by atoms with van der Waals surface area (Å²) in [7, 11) is 0. The fraction of sp³-hybridized carbons (Fsp3) is 0.300. The Kier molecular flexibility index (Phi) is 5.27. The second-order valence-corrected chi connectivity index (χ2v) is 6.68. The van der Waals surface area contributed by atoms with E-state index in [1.807, 2.05) is 6.07 Å². The van der Waals surface area contributed by atoms with Crippen molar-refractivity contribution in [3.8, 4) is 11.4 Å². The minimum atomic E-state index is -0.478. The summed E-state index contributed by atoms with van der Waals surface area (Å²) in [5.41, 5.74) is 1.52. The summed E-state index contributed by atoms with van der Waals surface area (Å²) in [5, 5.41) is 6.60. The fourth-order valence-electron chi connectivity index (χ4n) is 3.15. The summed E-state index contributed by atoms with van der Waals surface area (Å²) < 4.78 is 18.0. The number of carbonyl (C=O) groups excluding carboxylic acids is 1. The van der Waals surface area contributed by atoms with E-state index in [0.29, 0.717) is 5.82 Å². The summed E-state index contributed by atoms with van der Waals surface area (Å²) in [6.45, 7) is 2.21. The molecule has 0 aliphatic carbocycles. The molecule has 1 aromatic carbocycles. The Morgan fingerprint density at radius 1 is 1.14 bits per heavy atom. The zero-order valence-electron chi connectivity index (χ0n) is 15.3. The maximum atomic E-state index is 12.9. The number of carbonyl (C=O) groups is 1. The molecule has 1 saturated heterocycles. The first kappa shape index (κ1) is 18.1. The van der Waals surface area contributed by atoms with Gasteiger partial charge in [-0.2, -0.15) is 4.98 Å². The Hall–Kier alpha value is -3.29. The third-order valence-corrected chi connectivity index (χ3v) is 4.67. The van der Waals surface area contributed by atoms with Crippen LogP contribution >= 0.6 is 0 Å². The van der Waals surface area contributed by atoms with Crippen molar-refractivity contribution in [3.63, 3.8) is 0 Å². The molecule has 1 aliphatic rings. The van der Waals surface area contributed by atoms with Gasteiger partial charge in [-0.15, -0.1) is 0 Å². The van der Waals surface area contributed by atoms with E-state index in [1.54, 1.807) is 24.4 Å². The topological polar surface area (TPSA) is 84.2 Å². The summed E-state index contributed by atoms with van der Waals surface area (Å²) in [6, 6.07) is 9.60. The molecule has 0 saturated carbocycles. The zero-order chi connectivity index (χ0) is 19.3. The molecule has 3 heterocycles. The van der Waals surface area contributed by atoms with Crippen molar-refractivity contribution in [2.75, 3.05) is 18.0 Å². The number of pyridine rings is 1. The summed E-state index contributed by atoms with van der Waals surface area (Å²) >= 11 is 0. The van der Waals surface area contributed by atoms with Gasteiger partial charge in [0.25, 0.3) is 0 Å². The van der Waals surface area contributed by atoms with Crippen molar-refractivity contribution in [1.29, 1.82) is 0 Å². The van der Waals surface area contributed by atoms with Gasteiger partial charge in [-0.05, 0) is 49.1 Å². The summed E-state index contributed by atoms with van der Waals surface area (Å²) in [5.74, 6) is 0.302. The molecule has 8 heteroatoms. The second-order valence-electron chi connectivity index (χ2n) is 6.68. The number of piperidine rings is 1. The molecule has 2 aromatic heterocycles. The first-order valence-electron chi connectivity index (χ1n) is 9.27. The predicted octanol–water partition coefficient (Wildman–Crippen LogP) is 3.19. The summed E-state index contributed by atoms with van der Waals surface area (Å²) in [6.07, 6.45) is 5.28. The maximum absolute atomic E-state index is 12.9. The number of nitrogens with zero attached hydrogens (tertiary/aromatic N) is 4. The molecular formula is C20H20FN5O2. The fourth-order valence-corrected chi connectivity index (χ4v) is 3.15. The number of anilines is 1. The van der Waals surface area contributed by atoms with E-state index in [1.165, 1.54) is 18.6 Å². The van der Waals surface area contributed by atoms with E-state index < -0.39 is 5.91 Å². The van der Waals surface area contributed by atoms with E-state index in [-0.39, 0.29) is 18.3 Å². The van der Waals surface area contributed by atoms with Crippen LogP contribution in [0, 0.1) is 5.82 Å². The lowest BCUT2D eigenvalue weighted by atomic mass is 10.1. The van der Waals surface area contributed by atoms with Crippen LogP contribution in [-0.2, 0) is 6.54 Å². The van der Waals surface area contributed by atoms with Gasteiger partial charge in [-0.25, -0.2) is 9.37 Å². The van der Waals surface area contributed by atoms with Crippen LogP contribution in [0.3, 0.4) is 0 Å². The van der Waals surface area contributed by atoms with Crippen LogP contribution < -0.4 is 10.2 Å². The van der Waals surface area contributed by atoms with Crippen LogP contribution in [0.25, 0.3) is 11.4 Å². The van der Waals surface area contributed by atoms with Gasteiger partial charge in [-0.3, -0.25) is 4.79 Å². The number of amides is 1. The Morgan fingerprint density at radius 2 is 1.93 bits per heavy atom. The molecule has 1 aliphatic heterocycles. The lowest BCUT2D eigenvalue weighted by Gasteiger charge is -2.27. The van der Waals surface area contributed by atoms with E-state index in [9.17, 15) is 9.18 Å². The largest absolute Gasteiger partial charge is 0.357 e. The molecule has 0 atom stereocenters. The van der Waals surface area contributed by atoms with Crippen molar-refractivity contribution >= 4 is 11.7 Å². The Bertz CT molecular complexity index is 951. The first-order valence-corrected chi connectivity index (χ1v) is 9.27. The van der Waals surface area contributed by atoms with Crippen LogP contribution in [-0.4, -0.2) is 34.1 Å². The normalized spacial score (nSPS) is 14.1. The van der Waals surface area contributed by atoms with Crippen molar-refractivity contribution in [2.45, 2.75) is 25.8 Å². The lowest BCUT2D eigenvalue weighted by molar-refractivity contribution is 0.0907. The highest BCUT2D eigenvalue weighted by Gasteiger charge is 2.18. The van der Waals surface area contributed by atoms with Crippen LogP contribution in [0.4, 0.5) is 10.2 Å². The number of halogens is 1. The maximum Gasteiger partial charge on any atom is 0.316 e. The van der Waals surface area contributed by atoms with Crippen LogP contribution in [0.15, 0.2) is 47.1 Å². The molecule has 7 nitrogen and oxygen atoms in total. The van der Waals surface area contributed by atoms with Gasteiger partial charge in [0.1, 0.15) is 11.6 Å². The van der Waals surface area contributed by atoms with Gasteiger partial charge in [0.05, 0.1) is 0 Å². The van der Waals surface area contributed by atoms with E-state index in [4.69, 9.17) is 4.52 Å². The minimum absolute atomic E-state index is 0.117. The smallest absolute Gasteiger partial charge is 0.316 e. The van der Waals surface area contributed by atoms with Gasteiger partial charge in [0.15, 0.2) is 0 Å². The third-order valence-electron chi connectivity index (χ3n) is 4.67. The van der Waals surface area contributed by atoms with E-state index in [0.717, 1.165) is 42.9 Å². The first-order chi connectivity index (χ1) is 13.7. The lowest BCUT2D eigenvalue weighted by Crippen LogP contribution is -2.30. The highest BCUT2D eigenvalue weighted by Crippen LogP contribution is 2.23. The average Bonchev–Trinajstić information content (AvgIpc) is 3.24. The number of nitrogens with one attached hydrogen (secondary N) is 1. The molecular weight excluding hydrogens is 361 g/mol. The van der Waals surface area contributed by atoms with Gasteiger partial charge >= 0.3 is 11.8 Å². The number of hydrogen-bond acceptors (Lipinski definition) is 6. The van der Waals surface area contributed by atoms with Gasteiger partial charge in [-0.1, -0.05) is 17.3 Å². The van der Waals surface area contributed by atoms with Crippen molar-refractivity contribution in [1.82, 2.24) is 20.4 Å². The Balaban J connectivity index is 1.43. The van der Waals surface area contributed by atoms with E-state index in [2.05, 4.69) is 25.3 Å². The molecule has 3 aromatic rings. The van der Waals surface area contributed by atoms with Crippen molar-refractivity contribution < 1.29 is 13.7 Å². The summed E-state index contributed by atoms with van der Waals surface area (Å²) in [4.78, 5) is 23.1. The number of hydrogen-bond donors (Lipinski definition) is 1. The SMILES string of the molecule is O=C(NCc1ccc(F)cc1)c1nc(-c2ccnc(N3CCCCC3)c2)no1.